The van der Waals surface area contributed by atoms with Gasteiger partial charge in [0.25, 0.3) is 0 Å². The van der Waals surface area contributed by atoms with Crippen molar-refractivity contribution in [2.75, 3.05) is 6.54 Å². The summed E-state index contributed by atoms with van der Waals surface area (Å²) in [6, 6.07) is 4.93. The smallest absolute Gasteiger partial charge is 0.322 e. The Morgan fingerprint density at radius 3 is 2.55 bits per heavy atom. The predicted octanol–water partition coefficient (Wildman–Crippen LogP) is 2.93. The third-order valence-electron chi connectivity index (χ3n) is 3.40. The second-order valence-corrected chi connectivity index (χ2v) is 4.91. The van der Waals surface area contributed by atoms with Crippen molar-refractivity contribution in [3.63, 3.8) is 0 Å². The van der Waals surface area contributed by atoms with Crippen molar-refractivity contribution >= 4 is 5.91 Å². The molecule has 1 aliphatic rings. The molecule has 0 aliphatic carbocycles. The van der Waals surface area contributed by atoms with Crippen LogP contribution in [0.15, 0.2) is 24.3 Å². The molecule has 0 saturated carbocycles. The van der Waals surface area contributed by atoms with Crippen LogP contribution in [-0.4, -0.2) is 23.4 Å². The predicted molar refractivity (Wildman–Crippen MR) is 68.8 cm³/mol. The first kappa shape index (κ1) is 14.8. The Balaban J connectivity index is 2.43. The molecule has 2 atom stereocenters. The van der Waals surface area contributed by atoms with Gasteiger partial charge in [0.05, 0.1) is 11.6 Å². The van der Waals surface area contributed by atoms with Gasteiger partial charge < -0.3 is 4.90 Å². The molecule has 1 saturated heterocycles. The van der Waals surface area contributed by atoms with Crippen molar-refractivity contribution in [2.45, 2.75) is 38.7 Å². The van der Waals surface area contributed by atoms with E-state index in [1.807, 2.05) is 6.92 Å². The third kappa shape index (κ3) is 2.65. The van der Waals surface area contributed by atoms with Gasteiger partial charge in [0.2, 0.25) is 5.91 Å². The normalized spacial score (nSPS) is 23.4. The molecule has 1 N–H and O–H groups in total. The maximum Gasteiger partial charge on any atom is 0.416 e. The molecule has 1 aliphatic heterocycles. The maximum atomic E-state index is 13.1. The Hall–Kier alpha value is -1.56. The van der Waals surface area contributed by atoms with Crippen molar-refractivity contribution in [2.24, 2.45) is 0 Å². The van der Waals surface area contributed by atoms with E-state index in [4.69, 9.17) is 0 Å². The lowest BCUT2D eigenvalue weighted by Gasteiger charge is -2.26. The van der Waals surface area contributed by atoms with Gasteiger partial charge in [-0.2, -0.15) is 13.2 Å². The number of alkyl halides is 3. The van der Waals surface area contributed by atoms with E-state index in [9.17, 15) is 18.0 Å². The minimum absolute atomic E-state index is 0.103. The van der Waals surface area contributed by atoms with E-state index < -0.39 is 23.9 Å². The lowest BCUT2D eigenvalue weighted by Crippen LogP contribution is -2.32. The minimum atomic E-state index is -4.43. The summed E-state index contributed by atoms with van der Waals surface area (Å²) in [5.74, 6) is -0.158. The van der Waals surface area contributed by atoms with Crippen LogP contribution in [-0.2, 0) is 11.0 Å². The molecule has 1 amide bonds. The van der Waals surface area contributed by atoms with E-state index in [2.05, 4.69) is 5.32 Å². The monoisotopic (exact) mass is 286 g/mol. The molecule has 1 fully saturated rings. The Bertz CT molecular complexity index is 501. The topological polar surface area (TPSA) is 32.3 Å². The van der Waals surface area contributed by atoms with Gasteiger partial charge in [0.1, 0.15) is 6.17 Å². The number of nitrogens with one attached hydrogen (secondary N) is 1. The van der Waals surface area contributed by atoms with Gasteiger partial charge in [-0.15, -0.1) is 0 Å². The molecular formula is C14H17F3N2O. The van der Waals surface area contributed by atoms with Crippen molar-refractivity contribution in [1.29, 1.82) is 0 Å². The number of hydrogen-bond acceptors (Lipinski definition) is 2. The van der Waals surface area contributed by atoms with Crippen molar-refractivity contribution < 1.29 is 18.0 Å². The first-order valence-electron chi connectivity index (χ1n) is 6.59. The van der Waals surface area contributed by atoms with Crippen LogP contribution in [0.25, 0.3) is 0 Å². The van der Waals surface area contributed by atoms with Gasteiger partial charge in [-0.05, 0) is 19.4 Å². The second-order valence-electron chi connectivity index (χ2n) is 4.91. The van der Waals surface area contributed by atoms with Crippen molar-refractivity contribution in [3.8, 4) is 0 Å². The highest BCUT2D eigenvalue weighted by Crippen LogP contribution is 2.37. The first-order chi connectivity index (χ1) is 9.36. The van der Waals surface area contributed by atoms with E-state index >= 15 is 0 Å². The van der Waals surface area contributed by atoms with Crippen LogP contribution in [0.5, 0.6) is 0 Å². The van der Waals surface area contributed by atoms with Crippen LogP contribution in [0.2, 0.25) is 0 Å². The van der Waals surface area contributed by atoms with E-state index in [0.717, 1.165) is 6.07 Å². The minimum Gasteiger partial charge on any atom is -0.322 e. The molecule has 2 unspecified atom stereocenters. The summed E-state index contributed by atoms with van der Waals surface area (Å²) in [5.41, 5.74) is -0.591. The summed E-state index contributed by atoms with van der Waals surface area (Å²) in [7, 11) is 0. The van der Waals surface area contributed by atoms with E-state index in [0.29, 0.717) is 13.0 Å². The quantitative estimate of drug-likeness (QED) is 0.926. The fourth-order valence-electron chi connectivity index (χ4n) is 2.51. The van der Waals surface area contributed by atoms with Crippen LogP contribution in [0.3, 0.4) is 0 Å². The summed E-state index contributed by atoms with van der Waals surface area (Å²) >= 11 is 0. The average Bonchev–Trinajstić information content (AvgIpc) is 2.66. The van der Waals surface area contributed by atoms with Gasteiger partial charge in [-0.3, -0.25) is 10.1 Å². The fourth-order valence-corrected chi connectivity index (χ4v) is 2.51. The van der Waals surface area contributed by atoms with Crippen LogP contribution in [0, 0.1) is 0 Å². The zero-order valence-corrected chi connectivity index (χ0v) is 11.4. The molecule has 1 aromatic carbocycles. The molecule has 0 spiro atoms. The zero-order chi connectivity index (χ0) is 14.9. The molecule has 1 aromatic rings. The Morgan fingerprint density at radius 2 is 1.95 bits per heavy atom. The number of nitrogens with zero attached hydrogens (tertiary/aromatic N) is 1. The Labute approximate surface area is 115 Å². The van der Waals surface area contributed by atoms with Gasteiger partial charge >= 0.3 is 6.18 Å². The number of hydrogen-bond donors (Lipinski definition) is 1. The average molecular weight is 286 g/mol. The standard InChI is InChI=1S/C14H17F3N2O/c1-3-8-19-12(18-9(2)13(19)20)10-6-4-5-7-11(10)14(15,16)17/h4-7,9,12,18H,3,8H2,1-2H3. The summed E-state index contributed by atoms with van der Waals surface area (Å²) in [5, 5.41) is 2.94. The van der Waals surface area contributed by atoms with E-state index in [1.165, 1.54) is 17.0 Å². The van der Waals surface area contributed by atoms with Gasteiger partial charge in [0, 0.05) is 12.1 Å². The molecule has 3 nitrogen and oxygen atoms in total. The highest BCUT2D eigenvalue weighted by molar-refractivity contribution is 5.84. The zero-order valence-electron chi connectivity index (χ0n) is 11.4. The number of amides is 1. The number of benzene rings is 1. The highest BCUT2D eigenvalue weighted by atomic mass is 19.4. The van der Waals surface area contributed by atoms with Gasteiger partial charge in [-0.1, -0.05) is 25.1 Å². The molecule has 0 bridgehead atoms. The molecule has 110 valence electrons. The molecule has 0 aromatic heterocycles. The van der Waals surface area contributed by atoms with Crippen LogP contribution < -0.4 is 5.32 Å². The molecule has 0 radical (unpaired) electrons. The molecular weight excluding hydrogens is 269 g/mol. The largest absolute Gasteiger partial charge is 0.416 e. The lowest BCUT2D eigenvalue weighted by atomic mass is 10.0. The number of carbonyl (C=O) groups excluding carboxylic acids is 1. The van der Waals surface area contributed by atoms with Crippen LogP contribution >= 0.6 is 0 Å². The number of rotatable bonds is 3. The number of carbonyl (C=O) groups is 1. The fraction of sp³-hybridized carbons (Fsp3) is 0.500. The van der Waals surface area contributed by atoms with Crippen molar-refractivity contribution in [3.05, 3.63) is 35.4 Å². The third-order valence-corrected chi connectivity index (χ3v) is 3.40. The Morgan fingerprint density at radius 1 is 1.30 bits per heavy atom. The lowest BCUT2D eigenvalue weighted by molar-refractivity contribution is -0.139. The van der Waals surface area contributed by atoms with E-state index in [-0.39, 0.29) is 11.5 Å². The highest BCUT2D eigenvalue weighted by Gasteiger charge is 2.41. The summed E-state index contributed by atoms with van der Waals surface area (Å²) in [6.45, 7) is 4.00. The summed E-state index contributed by atoms with van der Waals surface area (Å²) in [6.07, 6.45) is -4.44. The number of halogens is 3. The maximum absolute atomic E-state index is 13.1. The molecule has 20 heavy (non-hydrogen) atoms. The first-order valence-corrected chi connectivity index (χ1v) is 6.59. The van der Waals surface area contributed by atoms with E-state index in [1.54, 1.807) is 13.0 Å². The summed E-state index contributed by atoms with van der Waals surface area (Å²) in [4.78, 5) is 13.5. The van der Waals surface area contributed by atoms with Gasteiger partial charge in [0.15, 0.2) is 0 Å². The molecule has 6 heteroatoms. The molecule has 2 rings (SSSR count). The van der Waals surface area contributed by atoms with Gasteiger partial charge in [-0.25, -0.2) is 0 Å². The SMILES string of the molecule is CCCN1C(=O)C(C)NC1c1ccccc1C(F)(F)F. The summed E-state index contributed by atoms with van der Waals surface area (Å²) < 4.78 is 39.2. The van der Waals surface area contributed by atoms with Crippen LogP contribution in [0.4, 0.5) is 13.2 Å². The van der Waals surface area contributed by atoms with Crippen molar-refractivity contribution in [1.82, 2.24) is 10.2 Å². The Kier molecular flexibility index (Phi) is 4.04. The van der Waals surface area contributed by atoms with Crippen LogP contribution in [0.1, 0.15) is 37.6 Å². The molecule has 1 heterocycles. The second kappa shape index (κ2) is 5.44.